The third-order valence-corrected chi connectivity index (χ3v) is 2.69. The number of hydrogen-bond acceptors (Lipinski definition) is 7. The Morgan fingerprint density at radius 1 is 1.62 bits per heavy atom. The molecule has 2 rings (SSSR count). The van der Waals surface area contributed by atoms with Gasteiger partial charge in [0.05, 0.1) is 17.7 Å². The third kappa shape index (κ3) is 1.72. The summed E-state index contributed by atoms with van der Waals surface area (Å²) in [4.78, 5) is 10.0. The van der Waals surface area contributed by atoms with Crippen molar-refractivity contribution in [2.24, 2.45) is 0 Å². The van der Waals surface area contributed by atoms with Gasteiger partial charge in [-0.15, -0.1) is 10.2 Å². The van der Waals surface area contributed by atoms with Crippen molar-refractivity contribution in [1.82, 2.24) is 20.0 Å². The van der Waals surface area contributed by atoms with E-state index in [1.807, 2.05) is 6.92 Å². The van der Waals surface area contributed by atoms with Crippen LogP contribution < -0.4 is 5.73 Å². The Morgan fingerprint density at radius 2 is 2.38 bits per heavy atom. The molecule has 2 N–H and O–H groups in total. The van der Waals surface area contributed by atoms with Crippen molar-refractivity contribution in [3.05, 3.63) is 16.2 Å². The topological polar surface area (TPSA) is 113 Å². The standard InChI is InChI=1S/C7H8N6O2S/c1-2-12-4(3-5(11-12)13(14)15)6-9-10-7(8)16-6/h3H,2H2,1H3,(H2,8,10). The summed E-state index contributed by atoms with van der Waals surface area (Å²) in [6, 6.07) is 1.36. The highest BCUT2D eigenvalue weighted by atomic mass is 32.1. The van der Waals surface area contributed by atoms with E-state index in [1.165, 1.54) is 22.1 Å². The third-order valence-electron chi connectivity index (χ3n) is 1.91. The monoisotopic (exact) mass is 240 g/mol. The summed E-state index contributed by atoms with van der Waals surface area (Å²) >= 11 is 1.17. The molecule has 16 heavy (non-hydrogen) atoms. The zero-order valence-corrected chi connectivity index (χ0v) is 9.14. The largest absolute Gasteiger partial charge is 0.390 e. The molecule has 0 aromatic carbocycles. The molecule has 84 valence electrons. The molecule has 0 amide bonds. The van der Waals surface area contributed by atoms with Crippen LogP contribution in [0, 0.1) is 10.1 Å². The molecular formula is C7H8N6O2S. The van der Waals surface area contributed by atoms with Gasteiger partial charge < -0.3 is 15.8 Å². The molecule has 2 aromatic heterocycles. The van der Waals surface area contributed by atoms with Gasteiger partial charge in [0.2, 0.25) is 5.13 Å². The van der Waals surface area contributed by atoms with Crippen LogP contribution in [-0.4, -0.2) is 24.9 Å². The highest BCUT2D eigenvalue weighted by molar-refractivity contribution is 7.18. The SMILES string of the molecule is CCn1nc([N+](=O)[O-])cc1-c1nnc(N)s1. The first-order chi connectivity index (χ1) is 7.61. The summed E-state index contributed by atoms with van der Waals surface area (Å²) in [6.45, 7) is 2.35. The first-order valence-corrected chi connectivity index (χ1v) is 5.25. The number of rotatable bonds is 3. The van der Waals surface area contributed by atoms with Gasteiger partial charge in [-0.25, -0.2) is 0 Å². The van der Waals surface area contributed by atoms with Gasteiger partial charge in [-0.05, 0) is 11.8 Å². The maximum Gasteiger partial charge on any atom is 0.390 e. The minimum Gasteiger partial charge on any atom is -0.374 e. The Labute approximate surface area is 93.9 Å². The average Bonchev–Trinajstić information content (AvgIpc) is 2.82. The van der Waals surface area contributed by atoms with Crippen LogP contribution in [0.3, 0.4) is 0 Å². The van der Waals surface area contributed by atoms with Crippen LogP contribution in [0.25, 0.3) is 10.7 Å². The van der Waals surface area contributed by atoms with E-state index in [1.54, 1.807) is 0 Å². The van der Waals surface area contributed by atoms with Crippen LogP contribution in [-0.2, 0) is 6.54 Å². The summed E-state index contributed by atoms with van der Waals surface area (Å²) in [5, 5.41) is 22.8. The molecule has 0 atom stereocenters. The van der Waals surface area contributed by atoms with Crippen molar-refractivity contribution in [2.75, 3.05) is 5.73 Å². The molecule has 0 bridgehead atoms. The fourth-order valence-electron chi connectivity index (χ4n) is 1.24. The molecular weight excluding hydrogens is 232 g/mol. The summed E-state index contributed by atoms with van der Waals surface area (Å²) in [5.41, 5.74) is 6.01. The van der Waals surface area contributed by atoms with Gasteiger partial charge in [-0.1, -0.05) is 11.3 Å². The highest BCUT2D eigenvalue weighted by Crippen LogP contribution is 2.27. The molecule has 8 nitrogen and oxygen atoms in total. The lowest BCUT2D eigenvalue weighted by Gasteiger charge is -1.93. The average molecular weight is 240 g/mol. The van der Waals surface area contributed by atoms with Crippen LogP contribution in [0.1, 0.15) is 6.92 Å². The molecule has 0 saturated carbocycles. The smallest absolute Gasteiger partial charge is 0.374 e. The Bertz CT molecular complexity index is 533. The van der Waals surface area contributed by atoms with Crippen LogP contribution >= 0.6 is 11.3 Å². The van der Waals surface area contributed by atoms with Gasteiger partial charge in [0.1, 0.15) is 5.69 Å². The van der Waals surface area contributed by atoms with E-state index in [2.05, 4.69) is 15.3 Å². The lowest BCUT2D eigenvalue weighted by atomic mass is 10.4. The van der Waals surface area contributed by atoms with E-state index in [9.17, 15) is 10.1 Å². The van der Waals surface area contributed by atoms with Crippen molar-refractivity contribution in [1.29, 1.82) is 0 Å². The maximum absolute atomic E-state index is 10.6. The Hall–Kier alpha value is -2.03. The normalized spacial score (nSPS) is 10.6. The summed E-state index contributed by atoms with van der Waals surface area (Å²) in [7, 11) is 0. The van der Waals surface area contributed by atoms with Gasteiger partial charge >= 0.3 is 5.82 Å². The fourth-order valence-corrected chi connectivity index (χ4v) is 1.87. The molecule has 0 spiro atoms. The molecule has 0 aliphatic carbocycles. The Kier molecular flexibility index (Phi) is 2.52. The van der Waals surface area contributed by atoms with Gasteiger partial charge in [0.25, 0.3) is 0 Å². The minimum atomic E-state index is -0.542. The number of nitrogen functional groups attached to an aromatic ring is 1. The van der Waals surface area contributed by atoms with Crippen LogP contribution in [0.5, 0.6) is 0 Å². The zero-order valence-electron chi connectivity index (χ0n) is 8.32. The molecule has 0 unspecified atom stereocenters. The number of aromatic nitrogens is 4. The van der Waals surface area contributed by atoms with Crippen molar-refractivity contribution in [3.8, 4) is 10.7 Å². The lowest BCUT2D eigenvalue weighted by Crippen LogP contribution is -1.99. The number of anilines is 1. The van der Waals surface area contributed by atoms with Crippen LogP contribution in [0.2, 0.25) is 0 Å². The zero-order chi connectivity index (χ0) is 11.7. The molecule has 0 radical (unpaired) electrons. The van der Waals surface area contributed by atoms with Crippen molar-refractivity contribution in [2.45, 2.75) is 13.5 Å². The van der Waals surface area contributed by atoms with E-state index in [0.717, 1.165) is 0 Å². The van der Waals surface area contributed by atoms with E-state index < -0.39 is 4.92 Å². The number of nitro groups is 1. The predicted octanol–water partition coefficient (Wildman–Crippen LogP) is 0.912. The number of aryl methyl sites for hydroxylation is 1. The second-order valence-electron chi connectivity index (χ2n) is 2.91. The lowest BCUT2D eigenvalue weighted by molar-refractivity contribution is -0.389. The highest BCUT2D eigenvalue weighted by Gasteiger charge is 2.20. The molecule has 0 aliphatic rings. The van der Waals surface area contributed by atoms with E-state index in [-0.39, 0.29) is 5.82 Å². The van der Waals surface area contributed by atoms with Gasteiger partial charge in [0.15, 0.2) is 5.01 Å². The molecule has 2 aromatic rings. The van der Waals surface area contributed by atoms with E-state index in [4.69, 9.17) is 5.73 Å². The molecule has 0 saturated heterocycles. The van der Waals surface area contributed by atoms with Crippen molar-refractivity contribution >= 4 is 22.3 Å². The van der Waals surface area contributed by atoms with Crippen LogP contribution in [0.15, 0.2) is 6.07 Å². The minimum absolute atomic E-state index is 0.203. The van der Waals surface area contributed by atoms with Gasteiger partial charge in [-0.3, -0.25) is 0 Å². The molecule has 0 aliphatic heterocycles. The van der Waals surface area contributed by atoms with E-state index in [0.29, 0.717) is 22.4 Å². The second kappa shape index (κ2) is 3.85. The Balaban J connectivity index is 2.51. The molecule has 9 heteroatoms. The Morgan fingerprint density at radius 3 is 2.88 bits per heavy atom. The summed E-state index contributed by atoms with van der Waals surface area (Å²) in [5.74, 6) is -0.203. The predicted molar refractivity (Wildman–Crippen MR) is 57.9 cm³/mol. The number of nitrogens with zero attached hydrogens (tertiary/aromatic N) is 5. The number of nitrogens with two attached hydrogens (primary N) is 1. The van der Waals surface area contributed by atoms with E-state index >= 15 is 0 Å². The van der Waals surface area contributed by atoms with Gasteiger partial charge in [-0.2, -0.15) is 4.68 Å². The first-order valence-electron chi connectivity index (χ1n) is 4.43. The van der Waals surface area contributed by atoms with Crippen LogP contribution in [0.4, 0.5) is 10.9 Å². The van der Waals surface area contributed by atoms with Gasteiger partial charge in [0, 0.05) is 0 Å². The summed E-state index contributed by atoms with van der Waals surface area (Å²) in [6.07, 6.45) is 0. The maximum atomic E-state index is 10.6. The molecule has 2 heterocycles. The first kappa shape index (κ1) is 10.5. The number of hydrogen-bond donors (Lipinski definition) is 1. The second-order valence-corrected chi connectivity index (χ2v) is 3.92. The summed E-state index contributed by atoms with van der Waals surface area (Å²) < 4.78 is 1.50. The molecule has 0 fully saturated rings. The quantitative estimate of drug-likeness (QED) is 0.630. The van der Waals surface area contributed by atoms with Crippen molar-refractivity contribution < 1.29 is 4.92 Å². The fraction of sp³-hybridized carbons (Fsp3) is 0.286. The van der Waals surface area contributed by atoms with Crippen molar-refractivity contribution in [3.63, 3.8) is 0 Å².